The Balaban J connectivity index is 0. The van der Waals surface area contributed by atoms with Crippen molar-refractivity contribution in [3.05, 3.63) is 63.2 Å². The fraction of sp³-hybridized carbons (Fsp3) is 0. The number of carbonyl (C=O) groups excluding carboxylic acids is 1. The summed E-state index contributed by atoms with van der Waals surface area (Å²) in [7, 11) is 0. The smallest absolute Gasteiger partial charge is 1.00 e. The van der Waals surface area contributed by atoms with E-state index < -0.39 is 16.6 Å². The number of anilines is 2. The standard InChI is InChI=1S/C7H4ClNO4.C6H8N2.ClH.Cu/c8-5-2-1-4(7(10)11)3-6(5)9(12)13;7-5-3-1-2-4-6(5)8;;/h1-3H,(H,10,11);1-4H,7-8H2;1H;/q;;;+2/p-2. The Hall–Kier alpha value is -1.99. The number of carboxylic acids is 1. The van der Waals surface area contributed by atoms with E-state index in [-0.39, 0.29) is 40.1 Å². The summed E-state index contributed by atoms with van der Waals surface area (Å²) in [5.74, 6) is -1.47. The number of nitro benzene ring substituents is 1. The van der Waals surface area contributed by atoms with Gasteiger partial charge in [0, 0.05) is 11.6 Å². The van der Waals surface area contributed by atoms with Crippen LogP contribution in [0.15, 0.2) is 42.5 Å². The van der Waals surface area contributed by atoms with Crippen molar-refractivity contribution in [3.8, 4) is 0 Å². The number of rotatable bonds is 2. The molecule has 127 valence electrons. The van der Waals surface area contributed by atoms with Crippen LogP contribution >= 0.6 is 11.6 Å². The van der Waals surface area contributed by atoms with Crippen molar-refractivity contribution in [1.82, 2.24) is 0 Å². The largest absolute Gasteiger partial charge is 2.00 e. The number of hydrogen-bond donors (Lipinski definition) is 2. The van der Waals surface area contributed by atoms with Crippen molar-refractivity contribution < 1.29 is 44.3 Å². The van der Waals surface area contributed by atoms with Gasteiger partial charge in [0.05, 0.1) is 22.3 Å². The summed E-state index contributed by atoms with van der Waals surface area (Å²) in [6.45, 7) is 0. The number of para-hydroxylation sites is 2. The minimum absolute atomic E-state index is 0. The van der Waals surface area contributed by atoms with Gasteiger partial charge in [0.15, 0.2) is 0 Å². The van der Waals surface area contributed by atoms with Crippen LogP contribution in [0.4, 0.5) is 17.1 Å². The number of halogens is 2. The zero-order valence-electron chi connectivity index (χ0n) is 11.3. The number of benzene rings is 2. The van der Waals surface area contributed by atoms with E-state index in [9.17, 15) is 20.0 Å². The van der Waals surface area contributed by atoms with E-state index in [2.05, 4.69) is 0 Å². The van der Waals surface area contributed by atoms with Gasteiger partial charge in [-0.25, -0.2) is 0 Å². The summed E-state index contributed by atoms with van der Waals surface area (Å²) in [4.78, 5) is 19.9. The molecule has 0 aliphatic carbocycles. The number of carboxylic acid groups (broad SMARTS) is 1. The van der Waals surface area contributed by atoms with E-state index in [0.717, 1.165) is 18.2 Å². The predicted molar refractivity (Wildman–Crippen MR) is 77.7 cm³/mol. The molecule has 0 aliphatic rings. The maximum atomic E-state index is 10.3. The molecule has 0 saturated heterocycles. The fourth-order valence-corrected chi connectivity index (χ4v) is 1.48. The normalized spacial score (nSPS) is 8.57. The number of nitrogen functional groups attached to an aromatic ring is 2. The molecule has 2 aromatic rings. The van der Waals surface area contributed by atoms with Crippen LogP contribution in [0.5, 0.6) is 0 Å². The Morgan fingerprint density at radius 1 is 1.09 bits per heavy atom. The molecule has 0 spiro atoms. The van der Waals surface area contributed by atoms with E-state index in [1.54, 1.807) is 12.1 Å². The maximum Gasteiger partial charge on any atom is 2.00 e. The molecule has 0 heterocycles. The third-order valence-electron chi connectivity index (χ3n) is 2.37. The van der Waals surface area contributed by atoms with Gasteiger partial charge in [0.25, 0.3) is 5.69 Å². The molecule has 7 nitrogen and oxygen atoms in total. The summed E-state index contributed by atoms with van der Waals surface area (Å²) >= 11 is 5.44. The number of hydrogen-bond acceptors (Lipinski definition) is 6. The Bertz CT molecular complexity index is 665. The fourth-order valence-electron chi connectivity index (χ4n) is 1.29. The average Bonchev–Trinajstić information content (AvgIpc) is 2.43. The van der Waals surface area contributed by atoms with Gasteiger partial charge in [-0.15, -0.1) is 0 Å². The molecule has 0 aromatic heterocycles. The molecule has 10 heteroatoms. The first-order valence-electron chi connectivity index (χ1n) is 5.58. The number of carbonyl (C=O) groups is 1. The third-order valence-corrected chi connectivity index (χ3v) is 2.69. The molecule has 0 aliphatic heterocycles. The Kier molecular flexibility index (Phi) is 10.8. The number of nitrogens with two attached hydrogens (primary N) is 2. The monoisotopic (exact) mass is 406 g/mol. The number of nitrogens with zero attached hydrogens (tertiary/aromatic N) is 1. The Morgan fingerprint density at radius 2 is 1.57 bits per heavy atom. The van der Waals surface area contributed by atoms with Crippen molar-refractivity contribution in [2.75, 3.05) is 11.5 Å². The molecule has 0 saturated carbocycles. The zero-order chi connectivity index (χ0) is 16.0. The van der Waals surface area contributed by atoms with Crippen LogP contribution < -0.4 is 29.0 Å². The summed E-state index contributed by atoms with van der Waals surface area (Å²) in [5.41, 5.74) is 11.4. The topological polar surface area (TPSA) is 135 Å². The van der Waals surface area contributed by atoms with Crippen molar-refractivity contribution >= 4 is 34.6 Å². The van der Waals surface area contributed by atoms with Gasteiger partial charge < -0.3 is 33.8 Å². The first-order valence-corrected chi connectivity index (χ1v) is 5.96. The Labute approximate surface area is 153 Å². The molecule has 2 aromatic carbocycles. The van der Waals surface area contributed by atoms with E-state index >= 15 is 0 Å². The minimum atomic E-state index is -1.47. The Morgan fingerprint density at radius 3 is 1.91 bits per heavy atom. The first kappa shape index (κ1) is 23.3. The molecule has 2 rings (SSSR count). The number of nitro groups is 1. The SMILES string of the molecule is Nc1ccccc1N.O=C([O-])c1ccc(Cl)c([N+](=O)[O-])c1.[Cl-].[Cu+2]. The van der Waals surface area contributed by atoms with E-state index in [1.807, 2.05) is 12.1 Å². The molecule has 0 bridgehead atoms. The number of aromatic carboxylic acids is 1. The van der Waals surface area contributed by atoms with Gasteiger partial charge in [-0.05, 0) is 18.2 Å². The molecule has 1 radical (unpaired) electrons. The molecule has 23 heavy (non-hydrogen) atoms. The summed E-state index contributed by atoms with van der Waals surface area (Å²) in [6, 6.07) is 10.4. The van der Waals surface area contributed by atoms with Crippen LogP contribution in [-0.2, 0) is 17.1 Å². The molecule has 4 N–H and O–H groups in total. The summed E-state index contributed by atoms with van der Waals surface area (Å²) in [5, 5.41) is 20.5. The van der Waals surface area contributed by atoms with Crippen molar-refractivity contribution in [3.63, 3.8) is 0 Å². The van der Waals surface area contributed by atoms with Crippen LogP contribution in [-0.4, -0.2) is 10.9 Å². The van der Waals surface area contributed by atoms with E-state index in [1.165, 1.54) is 0 Å². The van der Waals surface area contributed by atoms with Crippen molar-refractivity contribution in [2.24, 2.45) is 0 Å². The predicted octanol–water partition coefficient (Wildman–Crippen LogP) is -1.54. The third kappa shape index (κ3) is 7.21. The molecular formula is C13H11Cl2CuN3O4. The van der Waals surface area contributed by atoms with Crippen LogP contribution in [0.3, 0.4) is 0 Å². The van der Waals surface area contributed by atoms with Gasteiger partial charge in [-0.3, -0.25) is 10.1 Å². The minimum Gasteiger partial charge on any atom is -1.00 e. The maximum absolute atomic E-state index is 10.3. The van der Waals surface area contributed by atoms with Gasteiger partial charge >= 0.3 is 17.1 Å². The van der Waals surface area contributed by atoms with Gasteiger partial charge in [-0.2, -0.15) is 0 Å². The zero-order valence-corrected chi connectivity index (χ0v) is 13.8. The molecule has 0 unspecified atom stereocenters. The van der Waals surface area contributed by atoms with Gasteiger partial charge in [0.2, 0.25) is 0 Å². The average molecular weight is 408 g/mol. The van der Waals surface area contributed by atoms with Crippen LogP contribution in [0.1, 0.15) is 10.4 Å². The second-order valence-corrected chi connectivity index (χ2v) is 4.25. The van der Waals surface area contributed by atoms with Gasteiger partial charge in [0.1, 0.15) is 5.02 Å². The summed E-state index contributed by atoms with van der Waals surface area (Å²) in [6.07, 6.45) is 0. The van der Waals surface area contributed by atoms with Gasteiger partial charge in [-0.1, -0.05) is 29.8 Å². The van der Waals surface area contributed by atoms with Crippen LogP contribution in [0.25, 0.3) is 0 Å². The van der Waals surface area contributed by atoms with Crippen LogP contribution in [0, 0.1) is 10.1 Å². The molecule has 0 atom stereocenters. The van der Waals surface area contributed by atoms with Crippen molar-refractivity contribution in [1.29, 1.82) is 0 Å². The van der Waals surface area contributed by atoms with E-state index in [4.69, 9.17) is 23.1 Å². The quantitative estimate of drug-likeness (QED) is 0.268. The molecular weight excluding hydrogens is 397 g/mol. The second-order valence-electron chi connectivity index (χ2n) is 3.84. The second kappa shape index (κ2) is 10.7. The first-order chi connectivity index (χ1) is 9.82. The van der Waals surface area contributed by atoms with Crippen LogP contribution in [0.2, 0.25) is 5.02 Å². The van der Waals surface area contributed by atoms with E-state index in [0.29, 0.717) is 11.4 Å². The van der Waals surface area contributed by atoms with Crippen molar-refractivity contribution in [2.45, 2.75) is 0 Å². The molecule has 0 fully saturated rings. The molecule has 0 amide bonds. The summed E-state index contributed by atoms with van der Waals surface area (Å²) < 4.78 is 0.